The molecule has 2 heteroatoms. The molecule has 3 rings (SSSR count). The zero-order chi connectivity index (χ0) is 9.71. The molecule has 0 radical (unpaired) electrons. The van der Waals surface area contributed by atoms with Crippen LogP contribution in [0, 0.1) is 6.92 Å². The van der Waals surface area contributed by atoms with E-state index in [1.807, 2.05) is 6.07 Å². The van der Waals surface area contributed by atoms with Gasteiger partial charge in [-0.05, 0) is 48.9 Å². The maximum Gasteiger partial charge on any atom is 0.0488 e. The van der Waals surface area contributed by atoms with Gasteiger partial charge in [0, 0.05) is 22.8 Å². The largest absolute Gasteiger partial charge is 0.399 e. The van der Waals surface area contributed by atoms with Crippen molar-refractivity contribution < 1.29 is 0 Å². The molecule has 1 saturated carbocycles. The summed E-state index contributed by atoms with van der Waals surface area (Å²) in [7, 11) is 0. The molecule has 1 aliphatic rings. The van der Waals surface area contributed by atoms with Gasteiger partial charge in [-0.15, -0.1) is 0 Å². The van der Waals surface area contributed by atoms with E-state index in [0.717, 1.165) is 11.6 Å². The summed E-state index contributed by atoms with van der Waals surface area (Å²) in [5.74, 6) is 0.782. The maximum absolute atomic E-state index is 5.86. The van der Waals surface area contributed by atoms with Gasteiger partial charge in [0.1, 0.15) is 0 Å². The van der Waals surface area contributed by atoms with E-state index in [4.69, 9.17) is 5.73 Å². The summed E-state index contributed by atoms with van der Waals surface area (Å²) >= 11 is 0. The van der Waals surface area contributed by atoms with Gasteiger partial charge in [0.15, 0.2) is 0 Å². The molecular formula is C12H14N2. The molecule has 0 unspecified atom stereocenters. The quantitative estimate of drug-likeness (QED) is 0.660. The van der Waals surface area contributed by atoms with Gasteiger partial charge in [-0.25, -0.2) is 0 Å². The Morgan fingerprint density at radius 3 is 2.86 bits per heavy atom. The third-order valence-corrected chi connectivity index (χ3v) is 3.06. The number of aromatic amines is 1. The smallest absolute Gasteiger partial charge is 0.0488 e. The first-order valence-corrected chi connectivity index (χ1v) is 5.13. The van der Waals surface area contributed by atoms with Crippen LogP contribution in [0.25, 0.3) is 10.9 Å². The molecular weight excluding hydrogens is 172 g/mol. The number of H-pyrrole nitrogens is 1. The van der Waals surface area contributed by atoms with Gasteiger partial charge < -0.3 is 10.7 Å². The fraction of sp³-hybridized carbons (Fsp3) is 0.333. The number of hydrogen-bond acceptors (Lipinski definition) is 1. The topological polar surface area (TPSA) is 41.8 Å². The Balaban J connectivity index is 2.33. The number of aryl methyl sites for hydroxylation is 1. The van der Waals surface area contributed by atoms with Gasteiger partial charge in [0.05, 0.1) is 0 Å². The molecule has 0 atom stereocenters. The van der Waals surface area contributed by atoms with Crippen molar-refractivity contribution in [2.45, 2.75) is 25.7 Å². The van der Waals surface area contributed by atoms with Crippen LogP contribution in [0.1, 0.15) is 29.9 Å². The van der Waals surface area contributed by atoms with Crippen LogP contribution in [0.3, 0.4) is 0 Å². The molecule has 1 heterocycles. The monoisotopic (exact) mass is 186 g/mol. The highest BCUT2D eigenvalue weighted by molar-refractivity contribution is 5.89. The normalized spacial score (nSPS) is 16.4. The van der Waals surface area contributed by atoms with Crippen LogP contribution in [0.2, 0.25) is 0 Å². The van der Waals surface area contributed by atoms with Gasteiger partial charge in [0.2, 0.25) is 0 Å². The lowest BCUT2D eigenvalue weighted by molar-refractivity contribution is 1.15. The minimum Gasteiger partial charge on any atom is -0.399 e. The maximum atomic E-state index is 5.86. The summed E-state index contributed by atoms with van der Waals surface area (Å²) in [6, 6.07) is 4.11. The summed E-state index contributed by atoms with van der Waals surface area (Å²) in [6.45, 7) is 2.10. The first kappa shape index (κ1) is 7.92. The van der Waals surface area contributed by atoms with Crippen molar-refractivity contribution in [3.8, 4) is 0 Å². The van der Waals surface area contributed by atoms with Crippen LogP contribution in [0.4, 0.5) is 5.69 Å². The number of nitrogens with two attached hydrogens (primary N) is 1. The molecule has 0 spiro atoms. The number of aromatic nitrogens is 1. The Labute approximate surface area is 83.1 Å². The first-order chi connectivity index (χ1) is 6.75. The van der Waals surface area contributed by atoms with Gasteiger partial charge in [-0.3, -0.25) is 0 Å². The molecule has 72 valence electrons. The molecule has 1 aliphatic carbocycles. The van der Waals surface area contributed by atoms with Crippen molar-refractivity contribution in [3.63, 3.8) is 0 Å². The number of benzene rings is 1. The molecule has 0 amide bonds. The second kappa shape index (κ2) is 2.53. The van der Waals surface area contributed by atoms with Gasteiger partial charge in [-0.2, -0.15) is 0 Å². The number of fused-ring (bicyclic) bond motifs is 1. The van der Waals surface area contributed by atoms with E-state index in [1.165, 1.54) is 34.9 Å². The van der Waals surface area contributed by atoms with Crippen LogP contribution in [0.15, 0.2) is 18.3 Å². The average Bonchev–Trinajstić information content (AvgIpc) is 2.87. The van der Waals surface area contributed by atoms with Gasteiger partial charge >= 0.3 is 0 Å². The third-order valence-electron chi connectivity index (χ3n) is 3.06. The van der Waals surface area contributed by atoms with Crippen LogP contribution in [0.5, 0.6) is 0 Å². The molecule has 1 aromatic carbocycles. The Bertz CT molecular complexity index is 492. The van der Waals surface area contributed by atoms with E-state index in [0.29, 0.717) is 0 Å². The predicted molar refractivity (Wildman–Crippen MR) is 59.4 cm³/mol. The lowest BCUT2D eigenvalue weighted by Crippen LogP contribution is -1.87. The molecule has 1 aromatic heterocycles. The molecule has 2 nitrogen and oxygen atoms in total. The summed E-state index contributed by atoms with van der Waals surface area (Å²) in [5, 5.41) is 1.32. The van der Waals surface area contributed by atoms with E-state index >= 15 is 0 Å². The molecule has 0 aliphatic heterocycles. The van der Waals surface area contributed by atoms with Crippen LogP contribution in [-0.2, 0) is 0 Å². The number of rotatable bonds is 1. The Hall–Kier alpha value is -1.44. The Kier molecular flexibility index (Phi) is 1.43. The second-order valence-electron chi connectivity index (χ2n) is 4.28. The molecule has 0 bridgehead atoms. The van der Waals surface area contributed by atoms with E-state index in [2.05, 4.69) is 24.2 Å². The van der Waals surface area contributed by atoms with Gasteiger partial charge in [-0.1, -0.05) is 0 Å². The molecule has 3 N–H and O–H groups in total. The minimum absolute atomic E-state index is 0.782. The Morgan fingerprint density at radius 1 is 1.36 bits per heavy atom. The van der Waals surface area contributed by atoms with Crippen molar-refractivity contribution in [2.75, 3.05) is 5.73 Å². The van der Waals surface area contributed by atoms with Crippen molar-refractivity contribution in [1.82, 2.24) is 4.98 Å². The molecule has 14 heavy (non-hydrogen) atoms. The zero-order valence-corrected chi connectivity index (χ0v) is 8.30. The summed E-state index contributed by atoms with van der Waals surface area (Å²) in [6.07, 6.45) is 4.82. The van der Waals surface area contributed by atoms with Crippen molar-refractivity contribution in [2.24, 2.45) is 0 Å². The third kappa shape index (κ3) is 1.03. The van der Waals surface area contributed by atoms with E-state index < -0.39 is 0 Å². The van der Waals surface area contributed by atoms with Crippen LogP contribution < -0.4 is 5.73 Å². The molecule has 0 saturated heterocycles. The van der Waals surface area contributed by atoms with Crippen molar-refractivity contribution in [3.05, 3.63) is 29.5 Å². The Morgan fingerprint density at radius 2 is 2.14 bits per heavy atom. The van der Waals surface area contributed by atoms with Crippen LogP contribution in [-0.4, -0.2) is 4.98 Å². The van der Waals surface area contributed by atoms with Crippen LogP contribution >= 0.6 is 0 Å². The number of nitrogen functional groups attached to an aromatic ring is 1. The summed E-state index contributed by atoms with van der Waals surface area (Å²) < 4.78 is 0. The van der Waals surface area contributed by atoms with E-state index in [9.17, 15) is 0 Å². The number of nitrogens with one attached hydrogen (secondary N) is 1. The summed E-state index contributed by atoms with van der Waals surface area (Å²) in [5.41, 5.74) is 10.7. The van der Waals surface area contributed by atoms with Crippen molar-refractivity contribution in [1.29, 1.82) is 0 Å². The molecule has 1 fully saturated rings. The lowest BCUT2D eigenvalue weighted by Gasteiger charge is -2.00. The lowest BCUT2D eigenvalue weighted by atomic mass is 10.1. The fourth-order valence-electron chi connectivity index (χ4n) is 2.19. The molecule has 2 aromatic rings. The zero-order valence-electron chi connectivity index (χ0n) is 8.30. The predicted octanol–water partition coefficient (Wildman–Crippen LogP) is 2.94. The number of hydrogen-bond donors (Lipinski definition) is 2. The SMILES string of the molecule is Cc1cc(N)cc2c(C3CC3)c[nH]c12. The highest BCUT2D eigenvalue weighted by Gasteiger charge is 2.26. The highest BCUT2D eigenvalue weighted by atomic mass is 14.7. The fourth-order valence-corrected chi connectivity index (χ4v) is 2.19. The van der Waals surface area contributed by atoms with Crippen molar-refractivity contribution >= 4 is 16.6 Å². The number of anilines is 1. The highest BCUT2D eigenvalue weighted by Crippen LogP contribution is 2.43. The minimum atomic E-state index is 0.782. The second-order valence-corrected chi connectivity index (χ2v) is 4.28. The first-order valence-electron chi connectivity index (χ1n) is 5.13. The van der Waals surface area contributed by atoms with E-state index in [1.54, 1.807) is 0 Å². The standard InChI is InChI=1S/C12H14N2/c1-7-4-9(13)5-10-11(8-2-3-8)6-14-12(7)10/h4-6,8,14H,2-3,13H2,1H3. The average molecular weight is 186 g/mol. The van der Waals surface area contributed by atoms with Gasteiger partial charge in [0.25, 0.3) is 0 Å². The summed E-state index contributed by atoms with van der Waals surface area (Å²) in [4.78, 5) is 3.35. The van der Waals surface area contributed by atoms with E-state index in [-0.39, 0.29) is 0 Å².